The third-order valence-electron chi connectivity index (χ3n) is 2.12. The van der Waals surface area contributed by atoms with Gasteiger partial charge in [0.25, 0.3) is 0 Å². The van der Waals surface area contributed by atoms with Crippen LogP contribution in [0.2, 0.25) is 0 Å². The number of rotatable bonds is 4. The van der Waals surface area contributed by atoms with Gasteiger partial charge in [-0.1, -0.05) is 22.9 Å². The van der Waals surface area contributed by atoms with Gasteiger partial charge in [-0.2, -0.15) is 5.26 Å². The molecular formula is C11H12Br2N2. The SMILES string of the molecule is CCC(CC#N)Nc1cc(Br)ccc1Br. The van der Waals surface area contributed by atoms with Gasteiger partial charge < -0.3 is 5.32 Å². The molecule has 1 aromatic rings. The van der Waals surface area contributed by atoms with Crippen LogP contribution in [0.4, 0.5) is 5.69 Å². The normalized spacial score (nSPS) is 11.9. The van der Waals surface area contributed by atoms with Crippen molar-refractivity contribution in [2.24, 2.45) is 0 Å². The highest BCUT2D eigenvalue weighted by atomic mass is 79.9. The number of hydrogen-bond donors (Lipinski definition) is 1. The van der Waals surface area contributed by atoms with Crippen LogP contribution in [0.1, 0.15) is 19.8 Å². The molecule has 0 saturated carbocycles. The van der Waals surface area contributed by atoms with Gasteiger partial charge in [0.1, 0.15) is 0 Å². The van der Waals surface area contributed by atoms with Gasteiger partial charge in [0, 0.05) is 20.7 Å². The van der Waals surface area contributed by atoms with E-state index < -0.39 is 0 Å². The third-order valence-corrected chi connectivity index (χ3v) is 3.30. The molecule has 0 amide bonds. The predicted octanol–water partition coefficient (Wildman–Crippen LogP) is 4.32. The Hall–Kier alpha value is -0.530. The van der Waals surface area contributed by atoms with Crippen molar-refractivity contribution >= 4 is 37.5 Å². The van der Waals surface area contributed by atoms with Crippen molar-refractivity contribution in [3.8, 4) is 6.07 Å². The van der Waals surface area contributed by atoms with E-state index in [9.17, 15) is 0 Å². The summed E-state index contributed by atoms with van der Waals surface area (Å²) in [5, 5.41) is 12.0. The summed E-state index contributed by atoms with van der Waals surface area (Å²) in [5.41, 5.74) is 1.02. The number of hydrogen-bond acceptors (Lipinski definition) is 2. The molecule has 0 spiro atoms. The first-order valence-electron chi connectivity index (χ1n) is 4.76. The van der Waals surface area contributed by atoms with E-state index in [2.05, 4.69) is 50.2 Å². The second-order valence-corrected chi connectivity index (χ2v) is 5.01. The minimum Gasteiger partial charge on any atom is -0.380 e. The maximum Gasteiger partial charge on any atom is 0.0643 e. The lowest BCUT2D eigenvalue weighted by Gasteiger charge is -2.16. The van der Waals surface area contributed by atoms with Crippen molar-refractivity contribution in [1.29, 1.82) is 5.26 Å². The second kappa shape index (κ2) is 6.14. The highest BCUT2D eigenvalue weighted by Crippen LogP contribution is 2.27. The van der Waals surface area contributed by atoms with Crippen LogP contribution in [0.15, 0.2) is 27.1 Å². The number of nitriles is 1. The van der Waals surface area contributed by atoms with Gasteiger partial charge in [0.05, 0.1) is 12.5 Å². The number of nitrogens with one attached hydrogen (secondary N) is 1. The molecule has 80 valence electrons. The highest BCUT2D eigenvalue weighted by Gasteiger charge is 2.07. The molecule has 0 aliphatic carbocycles. The first kappa shape index (κ1) is 12.5. The molecule has 4 heteroatoms. The maximum atomic E-state index is 8.66. The Morgan fingerprint density at radius 2 is 2.20 bits per heavy atom. The van der Waals surface area contributed by atoms with Crippen molar-refractivity contribution in [2.45, 2.75) is 25.8 Å². The smallest absolute Gasteiger partial charge is 0.0643 e. The predicted molar refractivity (Wildman–Crippen MR) is 69.8 cm³/mol. The number of benzene rings is 1. The molecule has 0 heterocycles. The van der Waals surface area contributed by atoms with E-state index in [0.717, 1.165) is 21.1 Å². The van der Waals surface area contributed by atoms with Crippen LogP contribution in [0.25, 0.3) is 0 Å². The van der Waals surface area contributed by atoms with Gasteiger partial charge in [0.2, 0.25) is 0 Å². The summed E-state index contributed by atoms with van der Waals surface area (Å²) in [6.07, 6.45) is 1.46. The minimum absolute atomic E-state index is 0.209. The molecule has 1 N–H and O–H groups in total. The number of halogens is 2. The lowest BCUT2D eigenvalue weighted by molar-refractivity contribution is 0.710. The Labute approximate surface area is 107 Å². The first-order chi connectivity index (χ1) is 7.17. The average molecular weight is 332 g/mol. The van der Waals surface area contributed by atoms with Gasteiger partial charge in [-0.05, 0) is 40.5 Å². The van der Waals surface area contributed by atoms with Crippen LogP contribution >= 0.6 is 31.9 Å². The summed E-state index contributed by atoms with van der Waals surface area (Å²) in [4.78, 5) is 0. The Morgan fingerprint density at radius 3 is 2.80 bits per heavy atom. The first-order valence-corrected chi connectivity index (χ1v) is 6.34. The monoisotopic (exact) mass is 330 g/mol. The van der Waals surface area contributed by atoms with Gasteiger partial charge >= 0.3 is 0 Å². The molecule has 2 nitrogen and oxygen atoms in total. The summed E-state index contributed by atoms with van der Waals surface area (Å²) >= 11 is 6.89. The number of nitrogens with zero attached hydrogens (tertiary/aromatic N) is 1. The topological polar surface area (TPSA) is 35.8 Å². The third kappa shape index (κ3) is 3.84. The van der Waals surface area contributed by atoms with Crippen LogP contribution in [-0.4, -0.2) is 6.04 Å². The Bertz CT molecular complexity index is 371. The number of anilines is 1. The fourth-order valence-electron chi connectivity index (χ4n) is 1.24. The van der Waals surface area contributed by atoms with Crippen LogP contribution < -0.4 is 5.32 Å². The Morgan fingerprint density at radius 1 is 1.47 bits per heavy atom. The van der Waals surface area contributed by atoms with Gasteiger partial charge in [0.15, 0.2) is 0 Å². The molecule has 0 saturated heterocycles. The quantitative estimate of drug-likeness (QED) is 0.892. The minimum atomic E-state index is 0.209. The lowest BCUT2D eigenvalue weighted by atomic mass is 10.1. The summed E-state index contributed by atoms with van der Waals surface area (Å²) in [6, 6.07) is 8.35. The van der Waals surface area contributed by atoms with Crippen molar-refractivity contribution in [2.75, 3.05) is 5.32 Å². The zero-order valence-electron chi connectivity index (χ0n) is 8.43. The van der Waals surface area contributed by atoms with E-state index in [1.807, 2.05) is 18.2 Å². The molecule has 0 bridgehead atoms. The van der Waals surface area contributed by atoms with Crippen molar-refractivity contribution in [3.05, 3.63) is 27.1 Å². The van der Waals surface area contributed by atoms with Crippen LogP contribution in [0, 0.1) is 11.3 Å². The fraction of sp³-hybridized carbons (Fsp3) is 0.364. The van der Waals surface area contributed by atoms with Crippen LogP contribution in [-0.2, 0) is 0 Å². The Kier molecular flexibility index (Phi) is 5.13. The zero-order valence-corrected chi connectivity index (χ0v) is 11.6. The van der Waals surface area contributed by atoms with Crippen molar-refractivity contribution in [3.63, 3.8) is 0 Å². The molecule has 15 heavy (non-hydrogen) atoms. The zero-order chi connectivity index (χ0) is 11.3. The summed E-state index contributed by atoms with van der Waals surface area (Å²) < 4.78 is 2.04. The Balaban J connectivity index is 2.78. The standard InChI is InChI=1S/C11H12Br2N2/c1-2-9(5-6-14)15-11-7-8(12)3-4-10(11)13/h3-4,7,9,15H,2,5H2,1H3. The molecular weight excluding hydrogens is 320 g/mol. The molecule has 0 radical (unpaired) electrons. The lowest BCUT2D eigenvalue weighted by Crippen LogP contribution is -2.17. The van der Waals surface area contributed by atoms with Gasteiger partial charge in [-0.3, -0.25) is 0 Å². The molecule has 1 aromatic carbocycles. The summed E-state index contributed by atoms with van der Waals surface area (Å²) in [5.74, 6) is 0. The molecule has 0 aliphatic heterocycles. The molecule has 0 aliphatic rings. The highest BCUT2D eigenvalue weighted by molar-refractivity contribution is 9.11. The summed E-state index contributed by atoms with van der Waals surface area (Å²) in [7, 11) is 0. The summed E-state index contributed by atoms with van der Waals surface area (Å²) in [6.45, 7) is 2.07. The molecule has 1 rings (SSSR count). The van der Waals surface area contributed by atoms with E-state index in [1.54, 1.807) is 0 Å². The van der Waals surface area contributed by atoms with Crippen LogP contribution in [0.3, 0.4) is 0 Å². The van der Waals surface area contributed by atoms with E-state index >= 15 is 0 Å². The largest absolute Gasteiger partial charge is 0.380 e. The maximum absolute atomic E-state index is 8.66. The molecule has 0 fully saturated rings. The molecule has 1 unspecified atom stereocenters. The van der Waals surface area contributed by atoms with E-state index in [4.69, 9.17) is 5.26 Å². The molecule has 0 aromatic heterocycles. The second-order valence-electron chi connectivity index (χ2n) is 3.24. The van der Waals surface area contributed by atoms with E-state index in [-0.39, 0.29) is 6.04 Å². The van der Waals surface area contributed by atoms with E-state index in [0.29, 0.717) is 6.42 Å². The van der Waals surface area contributed by atoms with Crippen molar-refractivity contribution in [1.82, 2.24) is 0 Å². The fourth-order valence-corrected chi connectivity index (χ4v) is 1.96. The van der Waals surface area contributed by atoms with Gasteiger partial charge in [-0.25, -0.2) is 0 Å². The van der Waals surface area contributed by atoms with Crippen molar-refractivity contribution < 1.29 is 0 Å². The van der Waals surface area contributed by atoms with Gasteiger partial charge in [-0.15, -0.1) is 0 Å². The van der Waals surface area contributed by atoms with Crippen LogP contribution in [0.5, 0.6) is 0 Å². The van der Waals surface area contributed by atoms with E-state index in [1.165, 1.54) is 0 Å². The molecule has 1 atom stereocenters. The average Bonchev–Trinajstić information content (AvgIpc) is 2.22.